The molecule has 0 aliphatic heterocycles. The number of fused-ring (bicyclic) bond motifs is 1. The van der Waals surface area contributed by atoms with E-state index in [0.717, 1.165) is 21.9 Å². The van der Waals surface area contributed by atoms with Gasteiger partial charge in [0.1, 0.15) is 11.5 Å². The van der Waals surface area contributed by atoms with E-state index in [1.807, 2.05) is 91.0 Å². The van der Waals surface area contributed by atoms with Gasteiger partial charge < -0.3 is 9.47 Å². The molecule has 6 nitrogen and oxygen atoms in total. The molecule has 5 rings (SSSR count). The molecule has 0 radical (unpaired) electrons. The van der Waals surface area contributed by atoms with Crippen LogP contribution in [0, 0.1) is 0 Å². The molecule has 5 aromatic rings. The molecule has 1 unspecified atom stereocenters. The first-order valence-corrected chi connectivity index (χ1v) is 12.5. The second-order valence-electron chi connectivity index (χ2n) is 8.84. The first kappa shape index (κ1) is 25.4. The summed E-state index contributed by atoms with van der Waals surface area (Å²) < 4.78 is 11.5. The smallest absolute Gasteiger partial charge is 0.343 e. The summed E-state index contributed by atoms with van der Waals surface area (Å²) in [6.45, 7) is 1.65. The minimum Gasteiger partial charge on any atom is -0.481 e. The number of hydrazone groups is 1. The predicted molar refractivity (Wildman–Crippen MR) is 153 cm³/mol. The van der Waals surface area contributed by atoms with Crippen LogP contribution in [-0.2, 0) is 4.79 Å². The molecule has 0 aliphatic rings. The summed E-state index contributed by atoms with van der Waals surface area (Å²) in [6.07, 6.45) is 0.697. The van der Waals surface area contributed by atoms with E-state index < -0.39 is 18.0 Å². The summed E-state index contributed by atoms with van der Waals surface area (Å²) >= 11 is 0. The highest BCUT2D eigenvalue weighted by molar-refractivity contribution is 6.04. The summed E-state index contributed by atoms with van der Waals surface area (Å²) in [5.74, 6) is 0.0140. The first-order chi connectivity index (χ1) is 19.1. The third-order valence-electron chi connectivity index (χ3n) is 6.15. The van der Waals surface area contributed by atoms with Crippen LogP contribution >= 0.6 is 0 Å². The van der Waals surface area contributed by atoms with Gasteiger partial charge in [-0.05, 0) is 59.2 Å². The van der Waals surface area contributed by atoms with Gasteiger partial charge in [0.2, 0.25) is 0 Å². The Labute approximate surface area is 226 Å². The number of ether oxygens (including phenoxy) is 2. The van der Waals surface area contributed by atoms with Gasteiger partial charge >= 0.3 is 5.97 Å². The van der Waals surface area contributed by atoms with Gasteiger partial charge in [0.05, 0.1) is 11.8 Å². The molecule has 5 aromatic carbocycles. The molecule has 0 fully saturated rings. The van der Waals surface area contributed by atoms with Crippen LogP contribution in [0.15, 0.2) is 126 Å². The highest BCUT2D eigenvalue weighted by Crippen LogP contribution is 2.27. The van der Waals surface area contributed by atoms with Crippen LogP contribution in [0.4, 0.5) is 0 Å². The third kappa shape index (κ3) is 6.19. The minimum atomic E-state index is -0.785. The number of amides is 1. The second-order valence-corrected chi connectivity index (χ2v) is 8.84. The lowest BCUT2D eigenvalue weighted by Gasteiger charge is -2.14. The van der Waals surface area contributed by atoms with Gasteiger partial charge in [0, 0.05) is 5.56 Å². The number of esters is 1. The molecule has 1 amide bonds. The van der Waals surface area contributed by atoms with Crippen molar-refractivity contribution in [3.8, 4) is 22.6 Å². The van der Waals surface area contributed by atoms with Gasteiger partial charge in [0.15, 0.2) is 6.10 Å². The largest absolute Gasteiger partial charge is 0.481 e. The summed E-state index contributed by atoms with van der Waals surface area (Å²) in [4.78, 5) is 25.4. The van der Waals surface area contributed by atoms with E-state index in [1.54, 1.807) is 37.3 Å². The van der Waals surface area contributed by atoms with Crippen molar-refractivity contribution in [1.29, 1.82) is 0 Å². The van der Waals surface area contributed by atoms with Crippen LogP contribution in [0.25, 0.3) is 21.9 Å². The zero-order chi connectivity index (χ0) is 27.0. The highest BCUT2D eigenvalue weighted by Gasteiger charge is 2.16. The van der Waals surface area contributed by atoms with Crippen molar-refractivity contribution >= 4 is 28.9 Å². The maximum Gasteiger partial charge on any atom is 0.343 e. The van der Waals surface area contributed by atoms with E-state index >= 15 is 0 Å². The molecule has 0 aliphatic carbocycles. The quantitative estimate of drug-likeness (QED) is 0.109. The maximum atomic E-state index is 12.7. The Morgan fingerprint density at radius 2 is 1.38 bits per heavy atom. The van der Waals surface area contributed by atoms with E-state index in [0.29, 0.717) is 22.6 Å². The third-order valence-corrected chi connectivity index (χ3v) is 6.15. The predicted octanol–water partition coefficient (Wildman–Crippen LogP) is 6.64. The Morgan fingerprint density at radius 1 is 0.744 bits per heavy atom. The van der Waals surface area contributed by atoms with E-state index in [1.165, 1.54) is 6.21 Å². The lowest BCUT2D eigenvalue weighted by atomic mass is 10.0. The van der Waals surface area contributed by atoms with Crippen LogP contribution in [0.1, 0.15) is 22.8 Å². The van der Waals surface area contributed by atoms with Crippen molar-refractivity contribution in [2.75, 3.05) is 0 Å². The lowest BCUT2D eigenvalue weighted by molar-refractivity contribution is -0.127. The molecule has 0 saturated carbocycles. The van der Waals surface area contributed by atoms with Gasteiger partial charge in [-0.25, -0.2) is 10.2 Å². The lowest BCUT2D eigenvalue weighted by Crippen LogP contribution is -2.33. The topological polar surface area (TPSA) is 77.0 Å². The van der Waals surface area contributed by atoms with E-state index in [2.05, 4.69) is 10.5 Å². The number of hydrogen-bond donors (Lipinski definition) is 1. The Morgan fingerprint density at radius 3 is 2.13 bits per heavy atom. The number of hydrogen-bond acceptors (Lipinski definition) is 5. The highest BCUT2D eigenvalue weighted by atomic mass is 16.5. The number of benzene rings is 5. The molecule has 0 bridgehead atoms. The number of nitrogens with one attached hydrogen (secondary N) is 1. The van der Waals surface area contributed by atoms with Gasteiger partial charge in [-0.1, -0.05) is 91.0 Å². The number of carbonyl (C=O) groups is 2. The molecule has 1 N–H and O–H groups in total. The molecule has 0 aromatic heterocycles. The van der Waals surface area contributed by atoms with Crippen LogP contribution in [0.3, 0.4) is 0 Å². The van der Waals surface area contributed by atoms with Crippen molar-refractivity contribution in [1.82, 2.24) is 5.43 Å². The van der Waals surface area contributed by atoms with Crippen LogP contribution in [0.2, 0.25) is 0 Å². The van der Waals surface area contributed by atoms with E-state index in [9.17, 15) is 9.59 Å². The number of carbonyl (C=O) groups excluding carboxylic acids is 2. The fourth-order valence-electron chi connectivity index (χ4n) is 4.10. The Bertz CT molecular complexity index is 1620. The molecule has 0 saturated heterocycles. The standard InChI is InChI=1S/C33H26N2O4/c1-23(38-28-19-16-25(17-20-28)24-10-4-2-5-11-24)32(36)35-34-22-30-29-15-9-8-12-26(29)18-21-31(30)39-33(37)27-13-6-3-7-14-27/h2-23H,1H3,(H,35,36). The zero-order valence-electron chi connectivity index (χ0n) is 21.3. The van der Waals surface area contributed by atoms with Crippen molar-refractivity contribution in [2.45, 2.75) is 13.0 Å². The normalized spacial score (nSPS) is 11.7. The molecule has 192 valence electrons. The van der Waals surface area contributed by atoms with E-state index in [4.69, 9.17) is 9.47 Å². The molecule has 6 heteroatoms. The summed E-state index contributed by atoms with van der Waals surface area (Å²) in [6, 6.07) is 37.6. The molecule has 39 heavy (non-hydrogen) atoms. The average molecular weight is 515 g/mol. The van der Waals surface area contributed by atoms with Gasteiger partial charge in [-0.2, -0.15) is 5.10 Å². The monoisotopic (exact) mass is 514 g/mol. The van der Waals surface area contributed by atoms with E-state index in [-0.39, 0.29) is 0 Å². The molecular formula is C33H26N2O4. The summed E-state index contributed by atoms with van der Waals surface area (Å²) in [5, 5.41) is 5.93. The molecule has 0 heterocycles. The Balaban J connectivity index is 1.28. The maximum absolute atomic E-state index is 12.7. The fraction of sp³-hybridized carbons (Fsp3) is 0.0606. The van der Waals surface area contributed by atoms with Crippen molar-refractivity contribution in [2.24, 2.45) is 5.10 Å². The molecule has 1 atom stereocenters. The van der Waals surface area contributed by atoms with Crippen LogP contribution in [-0.4, -0.2) is 24.2 Å². The van der Waals surface area contributed by atoms with Crippen molar-refractivity contribution in [3.05, 3.63) is 132 Å². The summed E-state index contributed by atoms with van der Waals surface area (Å²) in [7, 11) is 0. The first-order valence-electron chi connectivity index (χ1n) is 12.5. The SMILES string of the molecule is CC(Oc1ccc(-c2ccccc2)cc1)C(=O)NN=Cc1c(OC(=O)c2ccccc2)ccc2ccccc12. The zero-order valence-corrected chi connectivity index (χ0v) is 21.3. The number of rotatable bonds is 8. The molecular weight excluding hydrogens is 488 g/mol. The Hall–Kier alpha value is -5.23. The molecule has 0 spiro atoms. The summed E-state index contributed by atoms with van der Waals surface area (Å²) in [5.41, 5.74) is 5.70. The van der Waals surface area contributed by atoms with Crippen molar-refractivity contribution in [3.63, 3.8) is 0 Å². The van der Waals surface area contributed by atoms with Crippen LogP contribution in [0.5, 0.6) is 11.5 Å². The average Bonchev–Trinajstić information content (AvgIpc) is 2.99. The van der Waals surface area contributed by atoms with Gasteiger partial charge in [-0.15, -0.1) is 0 Å². The fourth-order valence-corrected chi connectivity index (χ4v) is 4.10. The number of nitrogens with zero attached hydrogens (tertiary/aromatic N) is 1. The van der Waals surface area contributed by atoms with Gasteiger partial charge in [0.25, 0.3) is 5.91 Å². The minimum absolute atomic E-state index is 0.336. The van der Waals surface area contributed by atoms with Crippen molar-refractivity contribution < 1.29 is 19.1 Å². The van der Waals surface area contributed by atoms with Gasteiger partial charge in [-0.3, -0.25) is 4.79 Å². The second kappa shape index (κ2) is 11.9. The Kier molecular flexibility index (Phi) is 7.74. The van der Waals surface area contributed by atoms with Crippen LogP contribution < -0.4 is 14.9 Å².